The van der Waals surface area contributed by atoms with Crippen LogP contribution in [0.1, 0.15) is 56.2 Å². The van der Waals surface area contributed by atoms with Crippen LogP contribution in [0.4, 0.5) is 0 Å². The molecule has 2 aliphatic carbocycles. The summed E-state index contributed by atoms with van der Waals surface area (Å²) < 4.78 is 30.2. The van der Waals surface area contributed by atoms with Gasteiger partial charge in [0.2, 0.25) is 15.9 Å². The van der Waals surface area contributed by atoms with E-state index in [1.807, 2.05) is 65.2 Å². The van der Waals surface area contributed by atoms with E-state index in [9.17, 15) is 13.2 Å². The molecule has 1 heterocycles. The van der Waals surface area contributed by atoms with Gasteiger partial charge in [0.1, 0.15) is 0 Å². The van der Waals surface area contributed by atoms with Crippen LogP contribution in [-0.4, -0.2) is 46.7 Å². The van der Waals surface area contributed by atoms with Gasteiger partial charge in [-0.3, -0.25) is 4.79 Å². The molecule has 0 atom stereocenters. The molecule has 0 bridgehead atoms. The number of amides is 1. The lowest BCUT2D eigenvalue weighted by molar-refractivity contribution is -0.133. The minimum absolute atomic E-state index is 0.0902. The zero-order valence-corrected chi connectivity index (χ0v) is 19.6. The number of sulfonamides is 1. The van der Waals surface area contributed by atoms with Crippen LogP contribution in [0, 0.1) is 0 Å². The Morgan fingerprint density at radius 3 is 2.34 bits per heavy atom. The minimum Gasteiger partial charge on any atom is -0.353 e. The van der Waals surface area contributed by atoms with Crippen molar-refractivity contribution in [2.75, 3.05) is 6.54 Å². The molecule has 1 aromatic heterocycles. The van der Waals surface area contributed by atoms with Gasteiger partial charge in [-0.25, -0.2) is 8.42 Å². The van der Waals surface area contributed by atoms with Crippen LogP contribution >= 0.6 is 0 Å². The van der Waals surface area contributed by atoms with Crippen molar-refractivity contribution < 1.29 is 13.2 Å². The van der Waals surface area contributed by atoms with E-state index in [4.69, 9.17) is 0 Å². The maximum absolute atomic E-state index is 13.4. The second kappa shape index (κ2) is 10.0. The van der Waals surface area contributed by atoms with Gasteiger partial charge in [-0.05, 0) is 49.5 Å². The zero-order valence-electron chi connectivity index (χ0n) is 18.8. The van der Waals surface area contributed by atoms with Crippen LogP contribution in [0.25, 0.3) is 6.08 Å². The highest BCUT2D eigenvalue weighted by molar-refractivity contribution is 7.92. The third-order valence-corrected chi connectivity index (χ3v) is 8.08. The van der Waals surface area contributed by atoms with Crippen LogP contribution in [-0.2, 0) is 28.4 Å². The molecule has 0 saturated heterocycles. The number of hydrogen-bond acceptors (Lipinski definition) is 3. The first-order valence-electron chi connectivity index (χ1n) is 11.6. The lowest BCUT2D eigenvalue weighted by atomic mass is 9.95. The molecule has 32 heavy (non-hydrogen) atoms. The van der Waals surface area contributed by atoms with Gasteiger partial charge in [-0.1, -0.05) is 49.6 Å². The summed E-state index contributed by atoms with van der Waals surface area (Å²) in [6.07, 6.45) is 10.3. The van der Waals surface area contributed by atoms with Gasteiger partial charge >= 0.3 is 0 Å². The maximum Gasteiger partial charge on any atom is 0.238 e. The van der Waals surface area contributed by atoms with E-state index in [-0.39, 0.29) is 24.5 Å². The second-order valence-electron chi connectivity index (χ2n) is 8.96. The van der Waals surface area contributed by atoms with Crippen molar-refractivity contribution in [3.05, 3.63) is 65.3 Å². The molecule has 0 spiro atoms. The van der Waals surface area contributed by atoms with Crippen LogP contribution < -0.4 is 0 Å². The van der Waals surface area contributed by atoms with Crippen molar-refractivity contribution >= 4 is 22.0 Å². The summed E-state index contributed by atoms with van der Waals surface area (Å²) in [6.45, 7) is 0.429. The molecule has 6 nitrogen and oxygen atoms in total. The Balaban J connectivity index is 1.55. The zero-order chi connectivity index (χ0) is 22.6. The van der Waals surface area contributed by atoms with E-state index >= 15 is 0 Å². The standard InChI is InChI=1S/C25H33N3O3S/c1-26-17-8-13-24(26)19-27(22-14-15-22)25(29)20-28(23-11-6-3-7-12-23)32(30,31)18-16-21-9-4-2-5-10-21/h2,4-5,8-10,13,16-18,22-23H,3,6-7,11-12,14-15,19-20H2,1H3/b18-16+. The van der Waals surface area contributed by atoms with Crippen molar-refractivity contribution in [1.82, 2.24) is 13.8 Å². The molecule has 2 saturated carbocycles. The van der Waals surface area contributed by atoms with Crippen LogP contribution in [0.2, 0.25) is 0 Å². The Hall–Kier alpha value is -2.38. The number of aromatic nitrogens is 1. The predicted molar refractivity (Wildman–Crippen MR) is 127 cm³/mol. The van der Waals surface area contributed by atoms with Crippen LogP contribution in [0.5, 0.6) is 0 Å². The molecule has 4 rings (SSSR count). The Kier molecular flexibility index (Phi) is 7.16. The summed E-state index contributed by atoms with van der Waals surface area (Å²) >= 11 is 0. The molecular weight excluding hydrogens is 422 g/mol. The van der Waals surface area contributed by atoms with Gasteiger partial charge < -0.3 is 9.47 Å². The van der Waals surface area contributed by atoms with Gasteiger partial charge in [0.05, 0.1) is 13.1 Å². The monoisotopic (exact) mass is 455 g/mol. The quantitative estimate of drug-likeness (QED) is 0.571. The molecule has 1 aromatic carbocycles. The van der Waals surface area contributed by atoms with Crippen molar-refractivity contribution in [1.29, 1.82) is 0 Å². The fourth-order valence-corrected chi connectivity index (χ4v) is 5.87. The Labute approximate surface area is 191 Å². The third-order valence-electron chi connectivity index (χ3n) is 6.52. The fraction of sp³-hybridized carbons (Fsp3) is 0.480. The summed E-state index contributed by atoms with van der Waals surface area (Å²) in [5.41, 5.74) is 1.88. The third kappa shape index (κ3) is 5.70. The van der Waals surface area contributed by atoms with Crippen LogP contribution in [0.15, 0.2) is 54.1 Å². The summed E-state index contributed by atoms with van der Waals surface area (Å²) in [5.74, 6) is -0.101. The lowest BCUT2D eigenvalue weighted by Gasteiger charge is -2.34. The van der Waals surface area contributed by atoms with Gasteiger partial charge in [-0.2, -0.15) is 4.31 Å². The van der Waals surface area contributed by atoms with E-state index in [0.29, 0.717) is 6.54 Å². The minimum atomic E-state index is -3.72. The van der Waals surface area contributed by atoms with Crippen molar-refractivity contribution in [3.63, 3.8) is 0 Å². The molecule has 0 aliphatic heterocycles. The summed E-state index contributed by atoms with van der Waals surface area (Å²) in [5, 5.41) is 1.27. The van der Waals surface area contributed by atoms with Crippen molar-refractivity contribution in [2.45, 2.75) is 63.6 Å². The summed E-state index contributed by atoms with van der Waals surface area (Å²) in [7, 11) is -1.75. The number of nitrogens with zero attached hydrogens (tertiary/aromatic N) is 3. The van der Waals surface area contributed by atoms with Crippen LogP contribution in [0.3, 0.4) is 0 Å². The number of hydrogen-bond donors (Lipinski definition) is 0. The normalized spacial score (nSPS) is 17.8. The molecule has 0 radical (unpaired) electrons. The van der Waals surface area contributed by atoms with Gasteiger partial charge in [0.25, 0.3) is 0 Å². The number of rotatable bonds is 9. The molecule has 0 N–H and O–H groups in total. The topological polar surface area (TPSA) is 62.6 Å². The van der Waals surface area contributed by atoms with Gasteiger partial charge in [0.15, 0.2) is 0 Å². The first-order valence-corrected chi connectivity index (χ1v) is 13.1. The fourth-order valence-electron chi connectivity index (χ4n) is 4.47. The smallest absolute Gasteiger partial charge is 0.238 e. The van der Waals surface area contributed by atoms with E-state index in [1.165, 1.54) is 9.71 Å². The maximum atomic E-state index is 13.4. The first kappa shape index (κ1) is 22.8. The molecule has 7 heteroatoms. The SMILES string of the molecule is Cn1cccc1CN(C(=O)CN(C1CCCCC1)S(=O)(=O)/C=C/c1ccccc1)C1CC1. The van der Waals surface area contributed by atoms with E-state index in [0.717, 1.165) is 56.2 Å². The Morgan fingerprint density at radius 1 is 1.00 bits per heavy atom. The molecule has 0 unspecified atom stereocenters. The van der Waals surface area contributed by atoms with E-state index in [1.54, 1.807) is 6.08 Å². The predicted octanol–water partition coefficient (Wildman–Crippen LogP) is 4.15. The van der Waals surface area contributed by atoms with E-state index in [2.05, 4.69) is 0 Å². The summed E-state index contributed by atoms with van der Waals surface area (Å²) in [6, 6.07) is 13.5. The Bertz CT molecular complexity index is 1040. The average Bonchev–Trinajstić information content (AvgIpc) is 3.57. The number of aryl methyl sites for hydroxylation is 1. The average molecular weight is 456 g/mol. The summed E-state index contributed by atoms with van der Waals surface area (Å²) in [4.78, 5) is 15.3. The molecule has 1 amide bonds. The molecule has 2 aromatic rings. The van der Waals surface area contributed by atoms with Gasteiger partial charge in [-0.15, -0.1) is 0 Å². The number of carbonyl (C=O) groups excluding carboxylic acids is 1. The lowest BCUT2D eigenvalue weighted by Crippen LogP contribution is -2.48. The van der Waals surface area contributed by atoms with Crippen molar-refractivity contribution in [3.8, 4) is 0 Å². The first-order chi connectivity index (χ1) is 15.4. The molecule has 2 aliphatic rings. The highest BCUT2D eigenvalue weighted by atomic mass is 32.2. The highest BCUT2D eigenvalue weighted by Gasteiger charge is 2.37. The van der Waals surface area contributed by atoms with E-state index < -0.39 is 10.0 Å². The second-order valence-corrected chi connectivity index (χ2v) is 10.7. The number of carbonyl (C=O) groups is 1. The van der Waals surface area contributed by atoms with Crippen molar-refractivity contribution in [2.24, 2.45) is 7.05 Å². The Morgan fingerprint density at radius 2 is 1.72 bits per heavy atom. The molecule has 2 fully saturated rings. The largest absolute Gasteiger partial charge is 0.353 e. The molecular formula is C25H33N3O3S. The van der Waals surface area contributed by atoms with Gasteiger partial charge in [0, 0.05) is 36.4 Å². The highest BCUT2D eigenvalue weighted by Crippen LogP contribution is 2.30. The molecule has 172 valence electrons. The number of benzene rings is 1.